The lowest BCUT2D eigenvalue weighted by atomic mass is 10.1. The van der Waals surface area contributed by atoms with Crippen molar-refractivity contribution in [2.45, 2.75) is 19.9 Å². The molecule has 130 valence electrons. The third kappa shape index (κ3) is 4.21. The highest BCUT2D eigenvalue weighted by Gasteiger charge is 2.09. The number of rotatable bonds is 6. The second-order valence-electron chi connectivity index (χ2n) is 5.58. The highest BCUT2D eigenvalue weighted by atomic mass is 16.1. The van der Waals surface area contributed by atoms with Crippen LogP contribution in [0.2, 0.25) is 0 Å². The Bertz CT molecular complexity index is 1010. The zero-order valence-corrected chi connectivity index (χ0v) is 14.2. The highest BCUT2D eigenvalue weighted by Crippen LogP contribution is 2.20. The summed E-state index contributed by atoms with van der Waals surface area (Å²) in [4.78, 5) is 18.2. The van der Waals surface area contributed by atoms with E-state index in [4.69, 9.17) is 5.26 Å². The van der Waals surface area contributed by atoms with Gasteiger partial charge < -0.3 is 0 Å². The van der Waals surface area contributed by atoms with Crippen molar-refractivity contribution in [2.75, 3.05) is 5.43 Å². The number of hydrazone groups is 1. The number of anilines is 1. The molecule has 3 aromatic rings. The Hall–Kier alpha value is -3.73. The van der Waals surface area contributed by atoms with Gasteiger partial charge in [0.25, 0.3) is 5.56 Å². The van der Waals surface area contributed by atoms with E-state index in [1.165, 1.54) is 6.07 Å². The van der Waals surface area contributed by atoms with E-state index in [1.807, 2.05) is 36.5 Å². The van der Waals surface area contributed by atoms with Crippen molar-refractivity contribution in [1.29, 1.82) is 5.26 Å². The summed E-state index contributed by atoms with van der Waals surface area (Å²) >= 11 is 0. The Morgan fingerprint density at radius 3 is 2.92 bits per heavy atom. The van der Waals surface area contributed by atoms with Gasteiger partial charge in [-0.25, -0.2) is 10.4 Å². The molecule has 0 bridgehead atoms. The highest BCUT2D eigenvalue weighted by molar-refractivity contribution is 5.88. The lowest BCUT2D eigenvalue weighted by Crippen LogP contribution is -2.10. The maximum atomic E-state index is 11.5. The quantitative estimate of drug-likeness (QED) is 0.525. The van der Waals surface area contributed by atoms with Crippen molar-refractivity contribution in [1.82, 2.24) is 19.7 Å². The zero-order valence-electron chi connectivity index (χ0n) is 14.2. The number of aryl methyl sites for hydroxylation is 2. The Kier molecular flexibility index (Phi) is 5.19. The standard InChI is InChI=1S/C18H17N7O/c1-13-10-16(26)22-18(21-13)23-20-11-15-12-25(9-5-8-19)24-17(15)14-6-3-2-4-7-14/h2-4,6-7,10-12H,5,9H2,1H3,(H2,21,22,23,26)/b20-11-. The molecule has 26 heavy (non-hydrogen) atoms. The van der Waals surface area contributed by atoms with Crippen LogP contribution >= 0.6 is 0 Å². The summed E-state index contributed by atoms with van der Waals surface area (Å²) < 4.78 is 1.72. The van der Waals surface area contributed by atoms with Crippen LogP contribution in [0.3, 0.4) is 0 Å². The summed E-state index contributed by atoms with van der Waals surface area (Å²) in [5.74, 6) is 0.268. The van der Waals surface area contributed by atoms with Gasteiger partial charge in [0.1, 0.15) is 5.69 Å². The van der Waals surface area contributed by atoms with Gasteiger partial charge in [-0.3, -0.25) is 14.5 Å². The molecule has 0 unspecified atom stereocenters. The monoisotopic (exact) mass is 347 g/mol. The number of aromatic amines is 1. The number of H-pyrrole nitrogens is 1. The van der Waals surface area contributed by atoms with Gasteiger partial charge >= 0.3 is 0 Å². The van der Waals surface area contributed by atoms with E-state index in [0.29, 0.717) is 18.7 Å². The summed E-state index contributed by atoms with van der Waals surface area (Å²) in [6.07, 6.45) is 3.82. The second kappa shape index (κ2) is 7.90. The average Bonchev–Trinajstić information content (AvgIpc) is 3.03. The van der Waals surface area contributed by atoms with Crippen LogP contribution in [-0.2, 0) is 6.54 Å². The Morgan fingerprint density at radius 2 is 2.19 bits per heavy atom. The van der Waals surface area contributed by atoms with E-state index in [1.54, 1.807) is 17.8 Å². The fourth-order valence-electron chi connectivity index (χ4n) is 2.43. The first kappa shape index (κ1) is 17.1. The predicted molar refractivity (Wildman–Crippen MR) is 98.7 cm³/mol. The number of nitrogens with one attached hydrogen (secondary N) is 2. The molecule has 0 saturated carbocycles. The first-order valence-corrected chi connectivity index (χ1v) is 8.02. The minimum absolute atomic E-state index is 0.246. The van der Waals surface area contributed by atoms with E-state index < -0.39 is 0 Å². The summed E-state index contributed by atoms with van der Waals surface area (Å²) in [7, 11) is 0. The van der Waals surface area contributed by atoms with Crippen LogP contribution in [0.15, 0.2) is 52.5 Å². The van der Waals surface area contributed by atoms with Crippen molar-refractivity contribution in [3.63, 3.8) is 0 Å². The van der Waals surface area contributed by atoms with Crippen LogP contribution in [0.4, 0.5) is 5.95 Å². The number of nitrogens with zero attached hydrogens (tertiary/aromatic N) is 5. The molecule has 0 amide bonds. The fourth-order valence-corrected chi connectivity index (χ4v) is 2.43. The van der Waals surface area contributed by atoms with Crippen molar-refractivity contribution in [3.8, 4) is 17.3 Å². The van der Waals surface area contributed by atoms with E-state index in [0.717, 1.165) is 16.8 Å². The van der Waals surface area contributed by atoms with E-state index in [-0.39, 0.29) is 11.5 Å². The molecule has 0 spiro atoms. The molecule has 8 heteroatoms. The molecule has 0 aliphatic rings. The lowest BCUT2D eigenvalue weighted by molar-refractivity contribution is 0.629. The Morgan fingerprint density at radius 1 is 1.38 bits per heavy atom. The fraction of sp³-hybridized carbons (Fsp3) is 0.167. The minimum atomic E-state index is -0.246. The molecule has 0 aliphatic carbocycles. The molecule has 2 N–H and O–H groups in total. The zero-order chi connectivity index (χ0) is 18.4. The molecular formula is C18H17N7O. The number of hydrogen-bond donors (Lipinski definition) is 2. The van der Waals surface area contributed by atoms with Crippen molar-refractivity contribution in [3.05, 3.63) is 64.2 Å². The largest absolute Gasteiger partial charge is 0.291 e. The summed E-state index contributed by atoms with van der Waals surface area (Å²) in [6, 6.07) is 13.2. The van der Waals surface area contributed by atoms with Gasteiger partial charge in [0, 0.05) is 29.1 Å². The number of aromatic nitrogens is 4. The van der Waals surface area contributed by atoms with Gasteiger partial charge in [-0.1, -0.05) is 30.3 Å². The predicted octanol–water partition coefficient (Wildman–Crippen LogP) is 2.30. The maximum Gasteiger partial charge on any atom is 0.252 e. The van der Waals surface area contributed by atoms with E-state index in [9.17, 15) is 4.79 Å². The summed E-state index contributed by atoms with van der Waals surface area (Å²) in [6.45, 7) is 2.24. The van der Waals surface area contributed by atoms with Crippen LogP contribution in [0, 0.1) is 18.3 Å². The van der Waals surface area contributed by atoms with Crippen LogP contribution in [0.5, 0.6) is 0 Å². The first-order chi connectivity index (χ1) is 12.7. The van der Waals surface area contributed by atoms with E-state index in [2.05, 4.69) is 31.7 Å². The lowest BCUT2D eigenvalue weighted by Gasteiger charge is -2.00. The molecule has 1 aromatic carbocycles. The molecule has 0 saturated heterocycles. The number of hydrogen-bond acceptors (Lipinski definition) is 6. The molecule has 0 atom stereocenters. The topological polar surface area (TPSA) is 112 Å². The normalized spacial score (nSPS) is 10.8. The maximum absolute atomic E-state index is 11.5. The van der Waals surface area contributed by atoms with Crippen LogP contribution in [0.1, 0.15) is 17.7 Å². The molecular weight excluding hydrogens is 330 g/mol. The van der Waals surface area contributed by atoms with Crippen LogP contribution in [-0.4, -0.2) is 26.0 Å². The molecule has 2 aromatic heterocycles. The van der Waals surface area contributed by atoms with Gasteiger partial charge in [-0.2, -0.15) is 15.5 Å². The smallest absolute Gasteiger partial charge is 0.252 e. The van der Waals surface area contributed by atoms with Gasteiger partial charge in [0.2, 0.25) is 5.95 Å². The number of benzene rings is 1. The second-order valence-corrected chi connectivity index (χ2v) is 5.58. The molecule has 8 nitrogen and oxygen atoms in total. The molecule has 3 rings (SSSR count). The van der Waals surface area contributed by atoms with Gasteiger partial charge in [0.15, 0.2) is 0 Å². The Labute approximate surface area is 149 Å². The molecule has 0 radical (unpaired) electrons. The van der Waals surface area contributed by atoms with Gasteiger partial charge in [-0.05, 0) is 6.92 Å². The van der Waals surface area contributed by atoms with Crippen molar-refractivity contribution in [2.24, 2.45) is 5.10 Å². The number of nitriles is 1. The molecule has 0 aliphatic heterocycles. The minimum Gasteiger partial charge on any atom is -0.291 e. The van der Waals surface area contributed by atoms with Gasteiger partial charge in [0.05, 0.1) is 25.2 Å². The third-order valence-corrected chi connectivity index (χ3v) is 3.53. The first-order valence-electron chi connectivity index (χ1n) is 8.02. The SMILES string of the molecule is Cc1cc(=O)[nH]c(N/N=C\c2cn(CCC#N)nc2-c2ccccc2)n1. The van der Waals surface area contributed by atoms with Crippen molar-refractivity contribution >= 4 is 12.2 Å². The van der Waals surface area contributed by atoms with Crippen LogP contribution in [0.25, 0.3) is 11.3 Å². The van der Waals surface area contributed by atoms with Crippen LogP contribution < -0.4 is 11.0 Å². The Balaban J connectivity index is 1.86. The summed E-state index contributed by atoms with van der Waals surface area (Å²) in [5.41, 5.74) is 5.57. The third-order valence-electron chi connectivity index (χ3n) is 3.53. The van der Waals surface area contributed by atoms with E-state index >= 15 is 0 Å². The van der Waals surface area contributed by atoms with Gasteiger partial charge in [-0.15, -0.1) is 0 Å². The molecule has 2 heterocycles. The molecule has 0 fully saturated rings. The average molecular weight is 347 g/mol. The summed E-state index contributed by atoms with van der Waals surface area (Å²) in [5, 5.41) is 17.5. The van der Waals surface area contributed by atoms with Crippen molar-refractivity contribution < 1.29 is 0 Å².